The fourth-order valence-electron chi connectivity index (χ4n) is 4.13. The number of rotatable bonds is 4. The van der Waals surface area contributed by atoms with E-state index in [0.29, 0.717) is 22.6 Å². The van der Waals surface area contributed by atoms with E-state index in [1.807, 2.05) is 69.3 Å². The highest BCUT2D eigenvalue weighted by Crippen LogP contribution is 2.45. The van der Waals surface area contributed by atoms with E-state index in [1.165, 1.54) is 4.90 Å². The second kappa shape index (κ2) is 8.35. The summed E-state index contributed by atoms with van der Waals surface area (Å²) in [6.45, 7) is 5.82. The maximum Gasteiger partial charge on any atom is 0.300 e. The summed E-state index contributed by atoms with van der Waals surface area (Å²) in [5.74, 6) is -1.07. The van der Waals surface area contributed by atoms with Crippen LogP contribution in [0, 0.1) is 20.8 Å². The van der Waals surface area contributed by atoms with Gasteiger partial charge in [-0.15, -0.1) is 0 Å². The van der Waals surface area contributed by atoms with Gasteiger partial charge in [0.25, 0.3) is 11.7 Å². The number of ketones is 1. The second-order valence-corrected chi connectivity index (χ2v) is 8.00. The molecule has 0 aromatic heterocycles. The molecule has 0 bridgehead atoms. The highest BCUT2D eigenvalue weighted by atomic mass is 16.5. The molecule has 3 aromatic rings. The zero-order chi connectivity index (χ0) is 23.0. The number of carbonyl (C=O) groups is 2. The Morgan fingerprint density at radius 1 is 0.906 bits per heavy atom. The van der Waals surface area contributed by atoms with Crippen LogP contribution < -0.4 is 9.64 Å². The number of Topliss-reactive ketones (excluding diaryl/α,β-unsaturated/α-hetero) is 1. The number of aliphatic hydroxyl groups is 1. The van der Waals surface area contributed by atoms with Gasteiger partial charge < -0.3 is 9.84 Å². The molecule has 1 unspecified atom stereocenters. The lowest BCUT2D eigenvalue weighted by atomic mass is 9.94. The highest BCUT2D eigenvalue weighted by molar-refractivity contribution is 6.51. The SMILES string of the molecule is COc1ccccc1C1/C(=C(\O)c2ccc(C)cc2)C(=O)C(=O)N1c1cccc(C)c1C. The number of aliphatic hydroxyl groups excluding tert-OH is 1. The molecule has 0 radical (unpaired) electrons. The lowest BCUT2D eigenvalue weighted by molar-refractivity contribution is -0.132. The molecular formula is C27H25NO4. The van der Waals surface area contributed by atoms with Gasteiger partial charge in [0.15, 0.2) is 0 Å². The van der Waals surface area contributed by atoms with E-state index in [-0.39, 0.29) is 11.3 Å². The number of aryl methyl sites for hydroxylation is 2. The molecule has 4 rings (SSSR count). The van der Waals surface area contributed by atoms with Gasteiger partial charge in [-0.05, 0) is 44.0 Å². The zero-order valence-corrected chi connectivity index (χ0v) is 18.5. The molecule has 1 saturated heterocycles. The molecule has 5 heteroatoms. The van der Waals surface area contributed by atoms with Gasteiger partial charge in [-0.3, -0.25) is 14.5 Å². The first-order valence-corrected chi connectivity index (χ1v) is 10.4. The molecule has 1 atom stereocenters. The van der Waals surface area contributed by atoms with E-state index in [2.05, 4.69) is 0 Å². The van der Waals surface area contributed by atoms with Crippen LogP contribution in [0.1, 0.15) is 33.9 Å². The summed E-state index contributed by atoms with van der Waals surface area (Å²) >= 11 is 0. The largest absolute Gasteiger partial charge is 0.507 e. The quantitative estimate of drug-likeness (QED) is 0.351. The van der Waals surface area contributed by atoms with E-state index in [0.717, 1.165) is 16.7 Å². The maximum absolute atomic E-state index is 13.3. The van der Waals surface area contributed by atoms with Gasteiger partial charge in [0.1, 0.15) is 11.5 Å². The second-order valence-electron chi connectivity index (χ2n) is 8.00. The van der Waals surface area contributed by atoms with Crippen LogP contribution in [0.25, 0.3) is 5.76 Å². The van der Waals surface area contributed by atoms with E-state index >= 15 is 0 Å². The standard InChI is InChI=1S/C27H25NO4/c1-16-12-14-19(15-13-16)25(29)23-24(20-9-5-6-11-22(20)32-4)28(27(31)26(23)30)21-10-7-8-17(2)18(21)3/h5-15,24,29H,1-4H3/b25-23+. The van der Waals surface area contributed by atoms with E-state index in [4.69, 9.17) is 4.74 Å². The minimum Gasteiger partial charge on any atom is -0.507 e. The number of anilines is 1. The van der Waals surface area contributed by atoms with Crippen LogP contribution in [-0.4, -0.2) is 23.9 Å². The Balaban J connectivity index is 2.02. The summed E-state index contributed by atoms with van der Waals surface area (Å²) in [5.41, 5.74) is 4.71. The molecule has 1 aliphatic heterocycles. The van der Waals surface area contributed by atoms with Crippen LogP contribution in [0.4, 0.5) is 5.69 Å². The van der Waals surface area contributed by atoms with E-state index < -0.39 is 17.7 Å². The average Bonchev–Trinajstić information content (AvgIpc) is 3.06. The monoisotopic (exact) mass is 427 g/mol. The normalized spacial score (nSPS) is 17.6. The number of ether oxygens (including phenoxy) is 1. The van der Waals surface area contributed by atoms with Crippen LogP contribution >= 0.6 is 0 Å². The van der Waals surface area contributed by atoms with Gasteiger partial charge in [0.05, 0.1) is 18.7 Å². The Morgan fingerprint density at radius 2 is 1.59 bits per heavy atom. The number of benzene rings is 3. The first-order valence-electron chi connectivity index (χ1n) is 10.4. The predicted octanol–water partition coefficient (Wildman–Crippen LogP) is 5.25. The summed E-state index contributed by atoms with van der Waals surface area (Å²) in [6.07, 6.45) is 0. The van der Waals surface area contributed by atoms with E-state index in [9.17, 15) is 14.7 Å². The van der Waals surface area contributed by atoms with Gasteiger partial charge >= 0.3 is 0 Å². The molecule has 1 N–H and O–H groups in total. The first-order chi connectivity index (χ1) is 15.3. The van der Waals surface area contributed by atoms with Gasteiger partial charge in [-0.2, -0.15) is 0 Å². The number of amides is 1. The molecule has 1 heterocycles. The van der Waals surface area contributed by atoms with Crippen molar-refractivity contribution in [2.45, 2.75) is 26.8 Å². The number of nitrogens with zero attached hydrogens (tertiary/aromatic N) is 1. The van der Waals surface area contributed by atoms with Crippen molar-refractivity contribution in [2.75, 3.05) is 12.0 Å². The molecule has 3 aromatic carbocycles. The van der Waals surface area contributed by atoms with Crippen molar-refractivity contribution in [3.63, 3.8) is 0 Å². The van der Waals surface area contributed by atoms with Crippen molar-refractivity contribution in [2.24, 2.45) is 0 Å². The summed E-state index contributed by atoms with van der Waals surface area (Å²) in [6, 6.07) is 19.3. The number of hydrogen-bond acceptors (Lipinski definition) is 4. The fraction of sp³-hybridized carbons (Fsp3) is 0.185. The fourth-order valence-corrected chi connectivity index (χ4v) is 4.13. The van der Waals surface area contributed by atoms with E-state index in [1.54, 1.807) is 25.3 Å². The van der Waals surface area contributed by atoms with Crippen LogP contribution in [0.3, 0.4) is 0 Å². The summed E-state index contributed by atoms with van der Waals surface area (Å²) in [7, 11) is 1.54. The molecule has 0 saturated carbocycles. The van der Waals surface area contributed by atoms with Crippen molar-refractivity contribution in [3.8, 4) is 5.75 Å². The minimum atomic E-state index is -0.826. The van der Waals surface area contributed by atoms with Gasteiger partial charge in [0.2, 0.25) is 0 Å². The Hall–Kier alpha value is -3.86. The number of carbonyl (C=O) groups excluding carboxylic acids is 2. The summed E-state index contributed by atoms with van der Waals surface area (Å²) in [5, 5.41) is 11.2. The van der Waals surface area contributed by atoms with Crippen LogP contribution in [-0.2, 0) is 9.59 Å². The smallest absolute Gasteiger partial charge is 0.300 e. The molecule has 0 spiro atoms. The third-order valence-corrected chi connectivity index (χ3v) is 6.04. The Bertz CT molecular complexity index is 1240. The number of para-hydroxylation sites is 1. The third-order valence-electron chi connectivity index (χ3n) is 6.04. The van der Waals surface area contributed by atoms with Crippen molar-refractivity contribution >= 4 is 23.1 Å². The molecule has 1 fully saturated rings. The Labute approximate surface area is 187 Å². The number of hydrogen-bond donors (Lipinski definition) is 1. The van der Waals surface area contributed by atoms with Gasteiger partial charge in [0, 0.05) is 16.8 Å². The maximum atomic E-state index is 13.3. The van der Waals surface area contributed by atoms with Crippen molar-refractivity contribution < 1.29 is 19.4 Å². The highest BCUT2D eigenvalue weighted by Gasteiger charge is 2.48. The topological polar surface area (TPSA) is 66.8 Å². The summed E-state index contributed by atoms with van der Waals surface area (Å²) < 4.78 is 5.56. The molecule has 5 nitrogen and oxygen atoms in total. The zero-order valence-electron chi connectivity index (χ0n) is 18.5. The molecular weight excluding hydrogens is 402 g/mol. The first kappa shape index (κ1) is 21.4. The summed E-state index contributed by atoms with van der Waals surface area (Å²) in [4.78, 5) is 28.1. The predicted molar refractivity (Wildman–Crippen MR) is 125 cm³/mol. The molecule has 1 aliphatic rings. The number of methoxy groups -OCH3 is 1. The third kappa shape index (κ3) is 3.46. The van der Waals surface area contributed by atoms with Crippen molar-refractivity contribution in [3.05, 3.63) is 100 Å². The minimum absolute atomic E-state index is 0.0456. The van der Waals surface area contributed by atoms with Crippen molar-refractivity contribution in [1.29, 1.82) is 0 Å². The lowest BCUT2D eigenvalue weighted by Crippen LogP contribution is -2.30. The molecule has 32 heavy (non-hydrogen) atoms. The van der Waals surface area contributed by atoms with Crippen LogP contribution in [0.15, 0.2) is 72.3 Å². The van der Waals surface area contributed by atoms with Gasteiger partial charge in [-0.25, -0.2) is 0 Å². The molecule has 162 valence electrons. The molecule has 0 aliphatic carbocycles. The van der Waals surface area contributed by atoms with Gasteiger partial charge in [-0.1, -0.05) is 60.2 Å². The average molecular weight is 428 g/mol. The van der Waals surface area contributed by atoms with Crippen molar-refractivity contribution in [1.82, 2.24) is 0 Å². The lowest BCUT2D eigenvalue weighted by Gasteiger charge is -2.28. The van der Waals surface area contributed by atoms with Crippen LogP contribution in [0.5, 0.6) is 5.75 Å². The molecule has 1 amide bonds. The Kier molecular flexibility index (Phi) is 5.57. The van der Waals surface area contributed by atoms with Crippen LogP contribution in [0.2, 0.25) is 0 Å². The Morgan fingerprint density at radius 3 is 2.28 bits per heavy atom.